The zero-order chi connectivity index (χ0) is 17.9. The van der Waals surface area contributed by atoms with E-state index in [2.05, 4.69) is 10.0 Å². The number of amides is 1. The molecule has 1 aromatic heterocycles. The predicted molar refractivity (Wildman–Crippen MR) is 97.6 cm³/mol. The molecule has 0 spiro atoms. The van der Waals surface area contributed by atoms with E-state index in [4.69, 9.17) is 4.74 Å². The molecular weight excluding hydrogens is 360 g/mol. The van der Waals surface area contributed by atoms with E-state index in [9.17, 15) is 13.2 Å². The highest BCUT2D eigenvalue weighted by Crippen LogP contribution is 2.29. The Labute approximate surface area is 151 Å². The molecular formula is C17H20N2O4S2. The summed E-state index contributed by atoms with van der Waals surface area (Å²) >= 11 is 1.60. The highest BCUT2D eigenvalue weighted by atomic mass is 32.2. The van der Waals surface area contributed by atoms with Crippen molar-refractivity contribution in [3.05, 3.63) is 40.6 Å². The van der Waals surface area contributed by atoms with Gasteiger partial charge in [0.2, 0.25) is 15.9 Å². The van der Waals surface area contributed by atoms with Crippen LogP contribution in [0.1, 0.15) is 24.1 Å². The molecule has 134 valence electrons. The van der Waals surface area contributed by atoms with E-state index in [1.807, 2.05) is 17.5 Å². The van der Waals surface area contributed by atoms with Gasteiger partial charge in [0.05, 0.1) is 17.7 Å². The molecule has 0 bridgehead atoms. The van der Waals surface area contributed by atoms with E-state index in [1.54, 1.807) is 17.4 Å². The van der Waals surface area contributed by atoms with Gasteiger partial charge in [0, 0.05) is 17.3 Å². The summed E-state index contributed by atoms with van der Waals surface area (Å²) in [6.07, 6.45) is 2.69. The molecule has 6 nitrogen and oxygen atoms in total. The van der Waals surface area contributed by atoms with Gasteiger partial charge in [-0.05, 0) is 48.9 Å². The maximum absolute atomic E-state index is 12.3. The minimum absolute atomic E-state index is 0.0240. The molecule has 0 saturated heterocycles. The van der Waals surface area contributed by atoms with Crippen molar-refractivity contribution in [2.45, 2.75) is 36.6 Å². The van der Waals surface area contributed by atoms with Gasteiger partial charge in [-0.2, -0.15) is 0 Å². The van der Waals surface area contributed by atoms with Crippen molar-refractivity contribution in [3.8, 4) is 5.75 Å². The van der Waals surface area contributed by atoms with E-state index < -0.39 is 10.0 Å². The number of carbonyl (C=O) groups is 1. The van der Waals surface area contributed by atoms with Gasteiger partial charge in [-0.3, -0.25) is 4.79 Å². The monoisotopic (exact) mass is 380 g/mol. The van der Waals surface area contributed by atoms with Gasteiger partial charge in [-0.15, -0.1) is 11.3 Å². The SMILES string of the molecule is COc1ccc(S(=O)(=O)NC2CC2)cc1NC(=O)CCc1cccs1. The van der Waals surface area contributed by atoms with Crippen LogP contribution in [0.5, 0.6) is 5.75 Å². The summed E-state index contributed by atoms with van der Waals surface area (Å²) in [5, 5.41) is 4.72. The Morgan fingerprint density at radius 2 is 2.12 bits per heavy atom. The maximum Gasteiger partial charge on any atom is 0.240 e. The first-order valence-electron chi connectivity index (χ1n) is 8.00. The Morgan fingerprint density at radius 1 is 1.32 bits per heavy atom. The first-order chi connectivity index (χ1) is 12.0. The molecule has 0 radical (unpaired) electrons. The molecule has 1 fully saturated rings. The fourth-order valence-corrected chi connectivity index (χ4v) is 4.38. The largest absolute Gasteiger partial charge is 0.495 e. The summed E-state index contributed by atoms with van der Waals surface area (Å²) in [6, 6.07) is 8.42. The van der Waals surface area contributed by atoms with Crippen LogP contribution in [0, 0.1) is 0 Å². The van der Waals surface area contributed by atoms with E-state index in [0.717, 1.165) is 17.7 Å². The summed E-state index contributed by atoms with van der Waals surface area (Å²) < 4.78 is 32.5. The molecule has 1 saturated carbocycles. The molecule has 2 N–H and O–H groups in total. The van der Waals surface area contributed by atoms with Gasteiger partial charge in [0.1, 0.15) is 5.75 Å². The summed E-state index contributed by atoms with van der Waals surface area (Å²) in [6.45, 7) is 0. The molecule has 1 aromatic carbocycles. The minimum Gasteiger partial charge on any atom is -0.495 e. The Kier molecular flexibility index (Phi) is 5.41. The number of rotatable bonds is 8. The van der Waals surface area contributed by atoms with Gasteiger partial charge in [-0.25, -0.2) is 13.1 Å². The molecule has 1 aliphatic rings. The van der Waals surface area contributed by atoms with Gasteiger partial charge < -0.3 is 10.1 Å². The molecule has 1 aliphatic carbocycles. The Morgan fingerprint density at radius 3 is 2.76 bits per heavy atom. The lowest BCUT2D eigenvalue weighted by molar-refractivity contribution is -0.116. The second-order valence-electron chi connectivity index (χ2n) is 5.89. The third-order valence-electron chi connectivity index (χ3n) is 3.83. The zero-order valence-electron chi connectivity index (χ0n) is 13.8. The van der Waals surface area contributed by atoms with Crippen molar-refractivity contribution in [3.63, 3.8) is 0 Å². The predicted octanol–water partition coefficient (Wildman–Crippen LogP) is 2.77. The highest BCUT2D eigenvalue weighted by Gasteiger charge is 2.28. The second-order valence-corrected chi connectivity index (χ2v) is 8.63. The van der Waals surface area contributed by atoms with Crippen molar-refractivity contribution < 1.29 is 17.9 Å². The highest BCUT2D eigenvalue weighted by molar-refractivity contribution is 7.89. The lowest BCUT2D eigenvalue weighted by Gasteiger charge is -2.13. The Hall–Kier alpha value is -1.90. The lowest BCUT2D eigenvalue weighted by atomic mass is 10.2. The second kappa shape index (κ2) is 7.55. The third kappa shape index (κ3) is 4.81. The average molecular weight is 380 g/mol. The Bertz CT molecular complexity index is 844. The van der Waals surface area contributed by atoms with Crippen molar-refractivity contribution in [1.82, 2.24) is 4.72 Å². The Balaban J connectivity index is 1.72. The number of hydrogen-bond donors (Lipinski definition) is 2. The van der Waals surface area contributed by atoms with Crippen LogP contribution >= 0.6 is 11.3 Å². The molecule has 0 unspecified atom stereocenters. The molecule has 3 rings (SSSR count). The number of aryl methyl sites for hydroxylation is 1. The number of methoxy groups -OCH3 is 1. The van der Waals surface area contributed by atoms with Crippen LogP contribution in [0.4, 0.5) is 5.69 Å². The minimum atomic E-state index is -3.58. The summed E-state index contributed by atoms with van der Waals surface area (Å²) in [7, 11) is -2.10. The number of carbonyl (C=O) groups excluding carboxylic acids is 1. The van der Waals surface area contributed by atoms with Gasteiger partial charge in [0.25, 0.3) is 0 Å². The quantitative estimate of drug-likeness (QED) is 0.737. The fraction of sp³-hybridized carbons (Fsp3) is 0.353. The van der Waals surface area contributed by atoms with E-state index in [-0.39, 0.29) is 16.8 Å². The number of ether oxygens (including phenoxy) is 1. The molecule has 1 heterocycles. The standard InChI is InChI=1S/C17H20N2O4S2/c1-23-16-8-7-14(25(21,22)19-12-4-5-12)11-15(16)18-17(20)9-6-13-3-2-10-24-13/h2-3,7-8,10-12,19H,4-6,9H2,1H3,(H,18,20). The summed E-state index contributed by atoms with van der Waals surface area (Å²) in [5.74, 6) is 0.242. The van der Waals surface area contributed by atoms with Gasteiger partial charge in [0.15, 0.2) is 0 Å². The number of benzene rings is 1. The van der Waals surface area contributed by atoms with Crippen LogP contribution in [0.15, 0.2) is 40.6 Å². The molecule has 0 aliphatic heterocycles. The molecule has 0 atom stereocenters. The van der Waals surface area contributed by atoms with Crippen LogP contribution in [0.2, 0.25) is 0 Å². The third-order valence-corrected chi connectivity index (χ3v) is 6.29. The average Bonchev–Trinajstić information content (AvgIpc) is 3.23. The van der Waals surface area contributed by atoms with E-state index in [0.29, 0.717) is 24.3 Å². The number of anilines is 1. The van der Waals surface area contributed by atoms with E-state index in [1.165, 1.54) is 19.2 Å². The molecule has 8 heteroatoms. The number of hydrogen-bond acceptors (Lipinski definition) is 5. The number of sulfonamides is 1. The van der Waals surface area contributed by atoms with Gasteiger partial charge in [-0.1, -0.05) is 6.07 Å². The van der Waals surface area contributed by atoms with Crippen LogP contribution in [0.25, 0.3) is 0 Å². The fourth-order valence-electron chi connectivity index (χ4n) is 2.34. The summed E-state index contributed by atoms with van der Waals surface area (Å²) in [5.41, 5.74) is 0.359. The normalized spacial score (nSPS) is 14.3. The number of thiophene rings is 1. The number of nitrogens with one attached hydrogen (secondary N) is 2. The van der Waals surface area contributed by atoms with Crippen molar-refractivity contribution in [1.29, 1.82) is 0 Å². The van der Waals surface area contributed by atoms with Crippen molar-refractivity contribution in [2.24, 2.45) is 0 Å². The molecule has 1 amide bonds. The molecule has 2 aromatic rings. The van der Waals surface area contributed by atoms with Crippen molar-refractivity contribution in [2.75, 3.05) is 12.4 Å². The molecule has 25 heavy (non-hydrogen) atoms. The maximum atomic E-state index is 12.3. The van der Waals surface area contributed by atoms with Crippen LogP contribution < -0.4 is 14.8 Å². The smallest absolute Gasteiger partial charge is 0.240 e. The zero-order valence-corrected chi connectivity index (χ0v) is 15.5. The van der Waals surface area contributed by atoms with Crippen LogP contribution in [-0.2, 0) is 21.2 Å². The first-order valence-corrected chi connectivity index (χ1v) is 10.4. The van der Waals surface area contributed by atoms with E-state index >= 15 is 0 Å². The van der Waals surface area contributed by atoms with Crippen LogP contribution in [0.3, 0.4) is 0 Å². The lowest BCUT2D eigenvalue weighted by Crippen LogP contribution is -2.26. The van der Waals surface area contributed by atoms with Crippen molar-refractivity contribution >= 4 is 33.0 Å². The van der Waals surface area contributed by atoms with Gasteiger partial charge >= 0.3 is 0 Å². The summed E-state index contributed by atoms with van der Waals surface area (Å²) in [4.78, 5) is 13.4. The first kappa shape index (κ1) is 17.9. The van der Waals surface area contributed by atoms with Crippen LogP contribution in [-0.4, -0.2) is 27.5 Å². The topological polar surface area (TPSA) is 84.5 Å².